The van der Waals surface area contributed by atoms with Crippen LogP contribution < -0.4 is 0 Å². The van der Waals surface area contributed by atoms with Crippen LogP contribution in [0.3, 0.4) is 0 Å². The number of rotatable bonds is 6. The van der Waals surface area contributed by atoms with Crippen molar-refractivity contribution in [2.75, 3.05) is 0 Å². The Morgan fingerprint density at radius 1 is 0.944 bits per heavy atom. The molecule has 3 N–H and O–H groups in total. The van der Waals surface area contributed by atoms with Crippen molar-refractivity contribution in [1.82, 2.24) is 0 Å². The van der Waals surface area contributed by atoms with E-state index in [-0.39, 0.29) is 0 Å². The molecule has 0 aliphatic heterocycles. The Kier molecular flexibility index (Phi) is 5.04. The summed E-state index contributed by atoms with van der Waals surface area (Å²) in [6.07, 6.45) is 1.10. The zero-order valence-corrected chi connectivity index (χ0v) is 10.1. The third-order valence-electron chi connectivity index (χ3n) is 2.68. The molecule has 0 fully saturated rings. The molecule has 0 aromatic heterocycles. The lowest BCUT2D eigenvalue weighted by Crippen LogP contribution is -2.10. The predicted octanol–water partition coefficient (Wildman–Crippen LogP) is 2.14. The SMILES string of the molecule is C=CC(O)c1[c]ccc(C(O)C=C)c1C(O)C=C. The highest BCUT2D eigenvalue weighted by molar-refractivity contribution is 5.42. The van der Waals surface area contributed by atoms with Gasteiger partial charge in [-0.25, -0.2) is 0 Å². The fraction of sp³-hybridized carbons (Fsp3) is 0.200. The fourth-order valence-corrected chi connectivity index (χ4v) is 1.74. The van der Waals surface area contributed by atoms with Gasteiger partial charge in [0.05, 0.1) is 18.3 Å². The maximum atomic E-state index is 9.95. The summed E-state index contributed by atoms with van der Waals surface area (Å²) in [7, 11) is 0. The third-order valence-corrected chi connectivity index (χ3v) is 2.68. The van der Waals surface area contributed by atoms with Crippen molar-refractivity contribution in [2.24, 2.45) is 0 Å². The van der Waals surface area contributed by atoms with Crippen LogP contribution in [0.1, 0.15) is 35.0 Å². The van der Waals surface area contributed by atoms with Crippen molar-refractivity contribution in [2.45, 2.75) is 18.3 Å². The van der Waals surface area contributed by atoms with Gasteiger partial charge in [-0.1, -0.05) is 30.4 Å². The van der Waals surface area contributed by atoms with Crippen molar-refractivity contribution in [3.8, 4) is 0 Å². The Morgan fingerprint density at radius 2 is 1.50 bits per heavy atom. The van der Waals surface area contributed by atoms with E-state index in [2.05, 4.69) is 25.8 Å². The van der Waals surface area contributed by atoms with E-state index < -0.39 is 18.3 Å². The first-order valence-corrected chi connectivity index (χ1v) is 5.53. The number of aliphatic hydroxyl groups is 3. The highest BCUT2D eigenvalue weighted by Crippen LogP contribution is 2.32. The molecule has 95 valence electrons. The van der Waals surface area contributed by atoms with E-state index in [1.54, 1.807) is 12.1 Å². The van der Waals surface area contributed by atoms with Gasteiger partial charge in [-0.05, 0) is 22.8 Å². The van der Waals surface area contributed by atoms with Gasteiger partial charge in [-0.2, -0.15) is 0 Å². The topological polar surface area (TPSA) is 60.7 Å². The van der Waals surface area contributed by atoms with Crippen LogP contribution >= 0.6 is 0 Å². The summed E-state index contributed by atoms with van der Waals surface area (Å²) in [4.78, 5) is 0. The zero-order valence-electron chi connectivity index (χ0n) is 10.1. The molecular formula is C15H17O3. The second-order valence-electron chi connectivity index (χ2n) is 3.80. The molecule has 1 aromatic rings. The molecule has 1 aromatic carbocycles. The first kappa shape index (κ1) is 14.4. The number of benzene rings is 1. The maximum Gasteiger partial charge on any atom is 0.0979 e. The third kappa shape index (κ3) is 2.76. The van der Waals surface area contributed by atoms with Crippen LogP contribution in [0.25, 0.3) is 0 Å². The minimum Gasteiger partial charge on any atom is -0.384 e. The Hall–Kier alpha value is -1.68. The summed E-state index contributed by atoms with van der Waals surface area (Å²) >= 11 is 0. The molecule has 0 aliphatic rings. The van der Waals surface area contributed by atoms with E-state index in [0.717, 1.165) is 0 Å². The minimum atomic E-state index is -1.00. The summed E-state index contributed by atoms with van der Waals surface area (Å²) in [5.74, 6) is 0. The molecule has 0 heterocycles. The molecule has 18 heavy (non-hydrogen) atoms. The molecular weight excluding hydrogens is 228 g/mol. The lowest BCUT2D eigenvalue weighted by Gasteiger charge is -2.20. The fourth-order valence-electron chi connectivity index (χ4n) is 1.74. The van der Waals surface area contributed by atoms with E-state index in [9.17, 15) is 15.3 Å². The number of aliphatic hydroxyl groups excluding tert-OH is 3. The molecule has 3 nitrogen and oxygen atoms in total. The largest absolute Gasteiger partial charge is 0.384 e. The van der Waals surface area contributed by atoms with Crippen molar-refractivity contribution in [3.05, 3.63) is 72.9 Å². The van der Waals surface area contributed by atoms with Gasteiger partial charge < -0.3 is 15.3 Å². The lowest BCUT2D eigenvalue weighted by atomic mass is 9.90. The number of hydrogen-bond donors (Lipinski definition) is 3. The first-order valence-electron chi connectivity index (χ1n) is 5.53. The Balaban J connectivity index is 3.48. The summed E-state index contributed by atoms with van der Waals surface area (Å²) < 4.78 is 0. The molecule has 0 spiro atoms. The minimum absolute atomic E-state index is 0.371. The Morgan fingerprint density at radius 3 is 2.00 bits per heavy atom. The summed E-state index contributed by atoms with van der Waals surface area (Å²) in [6, 6.07) is 6.04. The quantitative estimate of drug-likeness (QED) is 0.673. The average Bonchev–Trinajstić information content (AvgIpc) is 2.43. The van der Waals surface area contributed by atoms with Crippen molar-refractivity contribution in [1.29, 1.82) is 0 Å². The molecule has 0 saturated heterocycles. The average molecular weight is 245 g/mol. The Labute approximate surface area is 107 Å². The van der Waals surface area contributed by atoms with Gasteiger partial charge in [0, 0.05) is 0 Å². The highest BCUT2D eigenvalue weighted by Gasteiger charge is 2.20. The van der Waals surface area contributed by atoms with E-state index in [0.29, 0.717) is 16.7 Å². The van der Waals surface area contributed by atoms with E-state index in [1.165, 1.54) is 18.2 Å². The van der Waals surface area contributed by atoms with Gasteiger partial charge in [0.25, 0.3) is 0 Å². The van der Waals surface area contributed by atoms with Crippen molar-refractivity contribution >= 4 is 0 Å². The molecule has 3 unspecified atom stereocenters. The van der Waals surface area contributed by atoms with Crippen molar-refractivity contribution in [3.63, 3.8) is 0 Å². The molecule has 0 saturated carbocycles. The van der Waals surface area contributed by atoms with Crippen LogP contribution in [-0.4, -0.2) is 15.3 Å². The highest BCUT2D eigenvalue weighted by atomic mass is 16.3. The molecule has 1 rings (SSSR count). The summed E-state index contributed by atoms with van der Waals surface area (Å²) in [5, 5.41) is 29.6. The van der Waals surface area contributed by atoms with Crippen LogP contribution in [0.5, 0.6) is 0 Å². The van der Waals surface area contributed by atoms with E-state index >= 15 is 0 Å². The molecule has 0 amide bonds. The maximum absolute atomic E-state index is 9.95. The first-order chi connectivity index (χ1) is 8.56. The van der Waals surface area contributed by atoms with E-state index in [1.807, 2.05) is 0 Å². The van der Waals surface area contributed by atoms with Gasteiger partial charge in [0.1, 0.15) is 0 Å². The zero-order chi connectivity index (χ0) is 13.7. The van der Waals surface area contributed by atoms with Crippen LogP contribution in [0, 0.1) is 6.07 Å². The van der Waals surface area contributed by atoms with Gasteiger partial charge in [-0.15, -0.1) is 19.7 Å². The molecule has 3 heteroatoms. The second-order valence-corrected chi connectivity index (χ2v) is 3.80. The number of hydrogen-bond acceptors (Lipinski definition) is 3. The smallest absolute Gasteiger partial charge is 0.0979 e. The van der Waals surface area contributed by atoms with Gasteiger partial charge in [0.15, 0.2) is 0 Å². The monoisotopic (exact) mass is 245 g/mol. The van der Waals surface area contributed by atoms with Gasteiger partial charge in [0.2, 0.25) is 0 Å². The standard InChI is InChI=1S/C15H17O3/c1-4-12(16)10-8-7-9-11(13(17)5-2)15(10)14(18)6-3/h4-8,12-14,16-18H,1-3H2. The molecule has 3 atom stereocenters. The second kappa shape index (κ2) is 6.31. The lowest BCUT2D eigenvalue weighted by molar-refractivity contribution is 0.192. The molecule has 0 bridgehead atoms. The predicted molar refractivity (Wildman–Crippen MR) is 70.7 cm³/mol. The van der Waals surface area contributed by atoms with Crippen LogP contribution in [0.15, 0.2) is 50.1 Å². The molecule has 1 radical (unpaired) electrons. The summed E-state index contributed by atoms with van der Waals surface area (Å²) in [5.41, 5.74) is 1.22. The van der Waals surface area contributed by atoms with Crippen LogP contribution in [-0.2, 0) is 0 Å². The Bertz CT molecular complexity index is 419. The normalized spacial score (nSPS) is 15.5. The summed E-state index contributed by atoms with van der Waals surface area (Å²) in [6.45, 7) is 10.5. The van der Waals surface area contributed by atoms with E-state index in [4.69, 9.17) is 0 Å². The van der Waals surface area contributed by atoms with Gasteiger partial charge >= 0.3 is 0 Å². The van der Waals surface area contributed by atoms with Crippen LogP contribution in [0.4, 0.5) is 0 Å². The van der Waals surface area contributed by atoms with Gasteiger partial charge in [-0.3, -0.25) is 0 Å². The van der Waals surface area contributed by atoms with Crippen LogP contribution in [0.2, 0.25) is 0 Å². The molecule has 0 aliphatic carbocycles. The van der Waals surface area contributed by atoms with Crippen molar-refractivity contribution < 1.29 is 15.3 Å².